The lowest BCUT2D eigenvalue weighted by atomic mass is 10.2. The van der Waals surface area contributed by atoms with Crippen molar-refractivity contribution in [1.29, 1.82) is 0 Å². The van der Waals surface area contributed by atoms with Gasteiger partial charge in [0.15, 0.2) is 6.29 Å². The Morgan fingerprint density at radius 2 is 2.25 bits per heavy atom. The lowest BCUT2D eigenvalue weighted by Crippen LogP contribution is -1.85. The van der Waals surface area contributed by atoms with E-state index in [2.05, 4.69) is 10.2 Å². The highest BCUT2D eigenvalue weighted by atomic mass is 35.5. The third-order valence-electron chi connectivity index (χ3n) is 1.81. The largest absolute Gasteiger partial charge is 0.416 e. The molecule has 0 spiro atoms. The van der Waals surface area contributed by atoms with Gasteiger partial charge in [-0.05, 0) is 30.0 Å². The Morgan fingerprint density at radius 1 is 1.44 bits per heavy atom. The monoisotopic (exact) mass is 254 g/mol. The van der Waals surface area contributed by atoms with E-state index in [1.54, 1.807) is 25.1 Å². The second-order valence-corrected chi connectivity index (χ2v) is 4.42. The molecule has 0 bridgehead atoms. The first-order valence-electron chi connectivity index (χ1n) is 4.42. The zero-order valence-corrected chi connectivity index (χ0v) is 9.88. The van der Waals surface area contributed by atoms with Gasteiger partial charge in [0.25, 0.3) is 5.22 Å². The minimum atomic E-state index is 0.392. The zero-order chi connectivity index (χ0) is 11.5. The highest BCUT2D eigenvalue weighted by Crippen LogP contribution is 2.30. The molecule has 2 aromatic rings. The fraction of sp³-hybridized carbons (Fsp3) is 0.100. The number of rotatable bonds is 3. The van der Waals surface area contributed by atoms with Crippen molar-refractivity contribution < 1.29 is 9.21 Å². The maximum Gasteiger partial charge on any atom is 0.281 e. The number of benzene rings is 1. The number of aryl methyl sites for hydroxylation is 1. The van der Waals surface area contributed by atoms with E-state index in [-0.39, 0.29) is 0 Å². The summed E-state index contributed by atoms with van der Waals surface area (Å²) >= 11 is 7.07. The van der Waals surface area contributed by atoms with Crippen LogP contribution in [0.2, 0.25) is 5.02 Å². The summed E-state index contributed by atoms with van der Waals surface area (Å²) in [5.74, 6) is 0.484. The van der Waals surface area contributed by atoms with Gasteiger partial charge in [-0.1, -0.05) is 11.6 Å². The second-order valence-electron chi connectivity index (χ2n) is 2.99. The van der Waals surface area contributed by atoms with Crippen molar-refractivity contribution in [3.05, 3.63) is 34.7 Å². The van der Waals surface area contributed by atoms with Crippen molar-refractivity contribution >= 4 is 29.6 Å². The van der Waals surface area contributed by atoms with Gasteiger partial charge in [0.2, 0.25) is 5.89 Å². The molecule has 4 nitrogen and oxygen atoms in total. The molecule has 0 radical (unpaired) electrons. The lowest BCUT2D eigenvalue weighted by Gasteiger charge is -2.01. The molecule has 1 heterocycles. The molecule has 0 saturated carbocycles. The van der Waals surface area contributed by atoms with Gasteiger partial charge in [0.05, 0.1) is 0 Å². The van der Waals surface area contributed by atoms with Crippen molar-refractivity contribution in [3.63, 3.8) is 0 Å². The van der Waals surface area contributed by atoms with Gasteiger partial charge in [-0.25, -0.2) is 0 Å². The summed E-state index contributed by atoms with van der Waals surface area (Å²) in [7, 11) is 0. The topological polar surface area (TPSA) is 56.0 Å². The number of halogens is 1. The Morgan fingerprint density at radius 3 is 2.88 bits per heavy atom. The molecular weight excluding hydrogens is 248 g/mol. The molecule has 1 aromatic heterocycles. The van der Waals surface area contributed by atoms with Gasteiger partial charge < -0.3 is 4.42 Å². The molecule has 82 valence electrons. The number of carbonyl (C=O) groups is 1. The first kappa shape index (κ1) is 11.2. The van der Waals surface area contributed by atoms with Gasteiger partial charge in [-0.2, -0.15) is 0 Å². The van der Waals surface area contributed by atoms with E-state index in [0.717, 1.165) is 6.29 Å². The molecule has 0 N–H and O–H groups in total. The maximum atomic E-state index is 10.8. The van der Waals surface area contributed by atoms with Gasteiger partial charge in [0.1, 0.15) is 0 Å². The van der Waals surface area contributed by atoms with Crippen molar-refractivity contribution in [2.75, 3.05) is 0 Å². The predicted octanol–water partition coefficient (Wildman–Crippen LogP) is 3.00. The summed E-state index contributed by atoms with van der Waals surface area (Å²) in [6, 6.07) is 5.00. The van der Waals surface area contributed by atoms with E-state index in [1.165, 1.54) is 11.8 Å². The molecule has 1 aromatic carbocycles. The van der Waals surface area contributed by atoms with Crippen LogP contribution in [0.3, 0.4) is 0 Å². The van der Waals surface area contributed by atoms with Crippen LogP contribution in [0.15, 0.2) is 32.7 Å². The Balaban J connectivity index is 2.32. The SMILES string of the molecule is Cc1nnc(Sc2cc(Cl)ccc2C=O)o1. The molecule has 0 aliphatic rings. The summed E-state index contributed by atoms with van der Waals surface area (Å²) in [5, 5.41) is 8.49. The number of hydrogen-bond donors (Lipinski definition) is 0. The molecule has 0 aliphatic carbocycles. The quantitative estimate of drug-likeness (QED) is 0.788. The summed E-state index contributed by atoms with van der Waals surface area (Å²) in [6.45, 7) is 1.70. The Labute approximate surface area is 101 Å². The van der Waals surface area contributed by atoms with Crippen LogP contribution in [-0.4, -0.2) is 16.5 Å². The van der Waals surface area contributed by atoms with Crippen LogP contribution in [0.4, 0.5) is 0 Å². The summed E-state index contributed by atoms with van der Waals surface area (Å²) < 4.78 is 5.21. The van der Waals surface area contributed by atoms with Crippen LogP contribution < -0.4 is 0 Å². The third-order valence-corrected chi connectivity index (χ3v) is 2.96. The van der Waals surface area contributed by atoms with Crippen LogP contribution in [0.5, 0.6) is 0 Å². The number of aldehydes is 1. The number of aromatic nitrogens is 2. The molecule has 16 heavy (non-hydrogen) atoms. The highest BCUT2D eigenvalue weighted by Gasteiger charge is 2.09. The van der Waals surface area contributed by atoms with Crippen molar-refractivity contribution in [1.82, 2.24) is 10.2 Å². The van der Waals surface area contributed by atoms with Gasteiger partial charge in [0, 0.05) is 22.4 Å². The molecule has 2 rings (SSSR count). The van der Waals surface area contributed by atoms with Crippen LogP contribution in [0, 0.1) is 6.92 Å². The van der Waals surface area contributed by atoms with Crippen molar-refractivity contribution in [3.8, 4) is 0 Å². The molecule has 0 unspecified atom stereocenters. The predicted molar refractivity (Wildman–Crippen MR) is 60.0 cm³/mol. The van der Waals surface area contributed by atoms with Crippen LogP contribution in [0.1, 0.15) is 16.2 Å². The summed E-state index contributed by atoms with van der Waals surface area (Å²) in [6.07, 6.45) is 0.766. The molecule has 6 heteroatoms. The maximum absolute atomic E-state index is 10.8. The Bertz CT molecular complexity index is 527. The smallest absolute Gasteiger partial charge is 0.281 e. The average molecular weight is 255 g/mol. The van der Waals surface area contributed by atoms with E-state index < -0.39 is 0 Å². The normalized spacial score (nSPS) is 10.4. The van der Waals surface area contributed by atoms with E-state index >= 15 is 0 Å². The first-order chi connectivity index (χ1) is 7.69. The third kappa shape index (κ3) is 2.43. The fourth-order valence-corrected chi connectivity index (χ4v) is 2.20. The van der Waals surface area contributed by atoms with E-state index in [4.69, 9.17) is 16.0 Å². The minimum Gasteiger partial charge on any atom is -0.416 e. The van der Waals surface area contributed by atoms with E-state index in [0.29, 0.717) is 26.6 Å². The van der Waals surface area contributed by atoms with Gasteiger partial charge in [-0.15, -0.1) is 10.2 Å². The Kier molecular flexibility index (Phi) is 3.26. The highest BCUT2D eigenvalue weighted by molar-refractivity contribution is 7.99. The molecule has 0 amide bonds. The van der Waals surface area contributed by atoms with E-state index in [9.17, 15) is 4.79 Å². The van der Waals surface area contributed by atoms with Crippen molar-refractivity contribution in [2.24, 2.45) is 0 Å². The molecule has 0 saturated heterocycles. The standard InChI is InChI=1S/C10H7ClN2O2S/c1-6-12-13-10(15-6)16-9-4-8(11)3-2-7(9)5-14/h2-5H,1H3. The second kappa shape index (κ2) is 4.67. The van der Waals surface area contributed by atoms with Gasteiger partial charge >= 0.3 is 0 Å². The van der Waals surface area contributed by atoms with E-state index in [1.807, 2.05) is 0 Å². The first-order valence-corrected chi connectivity index (χ1v) is 5.61. The fourth-order valence-electron chi connectivity index (χ4n) is 1.11. The number of carbonyl (C=O) groups excluding carboxylic acids is 1. The van der Waals surface area contributed by atoms with Crippen LogP contribution in [-0.2, 0) is 0 Å². The summed E-state index contributed by atoms with van der Waals surface area (Å²) in [5.41, 5.74) is 0.547. The molecule has 0 atom stereocenters. The molecular formula is C10H7ClN2O2S. The molecule has 0 aliphatic heterocycles. The lowest BCUT2D eigenvalue weighted by molar-refractivity contribution is 0.112. The zero-order valence-electron chi connectivity index (χ0n) is 8.31. The average Bonchev–Trinajstić information content (AvgIpc) is 2.64. The van der Waals surface area contributed by atoms with Crippen LogP contribution >= 0.6 is 23.4 Å². The number of nitrogens with zero attached hydrogens (tertiary/aromatic N) is 2. The van der Waals surface area contributed by atoms with Gasteiger partial charge in [-0.3, -0.25) is 4.79 Å². The van der Waals surface area contributed by atoms with Crippen molar-refractivity contribution in [2.45, 2.75) is 17.0 Å². The summed E-state index contributed by atoms with van der Waals surface area (Å²) in [4.78, 5) is 11.5. The number of hydrogen-bond acceptors (Lipinski definition) is 5. The Hall–Kier alpha value is -1.33. The minimum absolute atomic E-state index is 0.392. The van der Waals surface area contributed by atoms with Crippen LogP contribution in [0.25, 0.3) is 0 Å². The molecule has 0 fully saturated rings.